The Bertz CT molecular complexity index is 688. The summed E-state index contributed by atoms with van der Waals surface area (Å²) in [6.45, 7) is 3.76. The van der Waals surface area contributed by atoms with Crippen LogP contribution in [0.25, 0.3) is 0 Å². The fourth-order valence-electron chi connectivity index (χ4n) is 3.55. The van der Waals surface area contributed by atoms with Crippen molar-refractivity contribution in [1.29, 1.82) is 0 Å². The minimum Gasteiger partial charge on any atom is -0.497 e. The number of hydrogen-bond acceptors (Lipinski definition) is 5. The summed E-state index contributed by atoms with van der Waals surface area (Å²) in [4.78, 5) is 2.25. The van der Waals surface area contributed by atoms with Crippen molar-refractivity contribution >= 4 is 0 Å². The van der Waals surface area contributed by atoms with Crippen LogP contribution in [0.2, 0.25) is 0 Å². The molecule has 2 aromatic carbocycles. The van der Waals surface area contributed by atoms with E-state index >= 15 is 0 Å². The largest absolute Gasteiger partial charge is 0.497 e. The van der Waals surface area contributed by atoms with Gasteiger partial charge in [0.05, 0.1) is 32.5 Å². The molecule has 0 unspecified atom stereocenters. The molecule has 3 rings (SSSR count). The van der Waals surface area contributed by atoms with Crippen LogP contribution in [0.3, 0.4) is 0 Å². The molecule has 0 spiro atoms. The van der Waals surface area contributed by atoms with E-state index in [0.29, 0.717) is 19.8 Å². The van der Waals surface area contributed by atoms with Gasteiger partial charge in [-0.25, -0.2) is 0 Å². The van der Waals surface area contributed by atoms with E-state index in [1.54, 1.807) is 7.11 Å². The predicted octanol–water partition coefficient (Wildman–Crippen LogP) is 3.25. The normalized spacial score (nSPS) is 17.8. The average Bonchev–Trinajstić information content (AvgIpc) is 3.22. The fourth-order valence-corrected chi connectivity index (χ4v) is 3.55. The van der Waals surface area contributed by atoms with Crippen molar-refractivity contribution in [1.82, 2.24) is 4.90 Å². The third-order valence-corrected chi connectivity index (χ3v) is 4.92. The van der Waals surface area contributed by atoms with Crippen LogP contribution in [-0.2, 0) is 22.6 Å². The molecule has 1 aliphatic rings. The summed E-state index contributed by atoms with van der Waals surface area (Å²) in [6, 6.07) is 18.1. The molecule has 1 heterocycles. The van der Waals surface area contributed by atoms with Gasteiger partial charge in [0.25, 0.3) is 0 Å². The molecule has 28 heavy (non-hydrogen) atoms. The SMILES string of the molecule is COc1cccc(CN(C[C@@H](O)COCc2ccccc2)C[C@H]2CCCO2)c1. The van der Waals surface area contributed by atoms with Crippen LogP contribution in [0.4, 0.5) is 0 Å². The maximum atomic E-state index is 10.5. The van der Waals surface area contributed by atoms with Crippen molar-refractivity contribution in [3.63, 3.8) is 0 Å². The molecule has 0 bridgehead atoms. The van der Waals surface area contributed by atoms with Crippen LogP contribution in [0.15, 0.2) is 54.6 Å². The van der Waals surface area contributed by atoms with Gasteiger partial charge in [-0.3, -0.25) is 4.90 Å². The number of ether oxygens (including phenoxy) is 3. The standard InChI is InChI=1S/C23H31NO4/c1-26-22-10-5-9-20(13-22)14-24(16-23-11-6-12-28-23)15-21(25)18-27-17-19-7-3-2-4-8-19/h2-5,7-10,13,21,23,25H,6,11-12,14-18H2,1H3/t21-,23-/m1/s1. The van der Waals surface area contributed by atoms with Gasteiger partial charge in [-0.05, 0) is 36.1 Å². The lowest BCUT2D eigenvalue weighted by atomic mass is 10.1. The topological polar surface area (TPSA) is 51.2 Å². The van der Waals surface area contributed by atoms with E-state index in [0.717, 1.165) is 49.4 Å². The number of rotatable bonds is 11. The third-order valence-electron chi connectivity index (χ3n) is 4.92. The Morgan fingerprint density at radius 2 is 1.96 bits per heavy atom. The highest BCUT2D eigenvalue weighted by Gasteiger charge is 2.21. The van der Waals surface area contributed by atoms with Crippen LogP contribution >= 0.6 is 0 Å². The van der Waals surface area contributed by atoms with Gasteiger partial charge < -0.3 is 19.3 Å². The molecule has 1 aliphatic heterocycles. The molecule has 2 atom stereocenters. The highest BCUT2D eigenvalue weighted by Crippen LogP contribution is 2.18. The maximum absolute atomic E-state index is 10.5. The van der Waals surface area contributed by atoms with Crippen LogP contribution in [-0.4, -0.2) is 55.6 Å². The summed E-state index contributed by atoms with van der Waals surface area (Å²) in [5.74, 6) is 0.848. The molecule has 0 aliphatic carbocycles. The average molecular weight is 386 g/mol. The molecule has 1 fully saturated rings. The van der Waals surface area contributed by atoms with E-state index in [9.17, 15) is 5.11 Å². The Hall–Kier alpha value is -1.92. The van der Waals surface area contributed by atoms with Crippen molar-refractivity contribution in [2.75, 3.05) is 33.4 Å². The smallest absolute Gasteiger partial charge is 0.119 e. The van der Waals surface area contributed by atoms with Gasteiger partial charge >= 0.3 is 0 Å². The second-order valence-corrected chi connectivity index (χ2v) is 7.34. The van der Waals surface area contributed by atoms with Crippen molar-refractivity contribution in [2.45, 2.75) is 38.2 Å². The molecule has 5 nitrogen and oxygen atoms in total. The van der Waals surface area contributed by atoms with Gasteiger partial charge in [0.2, 0.25) is 0 Å². The van der Waals surface area contributed by atoms with E-state index in [1.165, 1.54) is 0 Å². The quantitative estimate of drug-likeness (QED) is 0.643. The lowest BCUT2D eigenvalue weighted by Gasteiger charge is -2.27. The lowest BCUT2D eigenvalue weighted by Crippen LogP contribution is -2.39. The third kappa shape index (κ3) is 6.91. The summed E-state index contributed by atoms with van der Waals surface area (Å²) in [5, 5.41) is 10.5. The Balaban J connectivity index is 1.52. The van der Waals surface area contributed by atoms with Gasteiger partial charge in [-0.2, -0.15) is 0 Å². The van der Waals surface area contributed by atoms with Gasteiger partial charge in [0, 0.05) is 26.2 Å². The molecule has 1 N–H and O–H groups in total. The summed E-state index contributed by atoms with van der Waals surface area (Å²) in [5.41, 5.74) is 2.28. The zero-order valence-corrected chi connectivity index (χ0v) is 16.6. The first-order chi connectivity index (χ1) is 13.7. The van der Waals surface area contributed by atoms with Gasteiger partial charge in [0.1, 0.15) is 5.75 Å². The predicted molar refractivity (Wildman–Crippen MR) is 109 cm³/mol. The van der Waals surface area contributed by atoms with E-state index in [4.69, 9.17) is 14.2 Å². The van der Waals surface area contributed by atoms with Crippen LogP contribution in [0.1, 0.15) is 24.0 Å². The molecular weight excluding hydrogens is 354 g/mol. The lowest BCUT2D eigenvalue weighted by molar-refractivity contribution is -0.00288. The summed E-state index contributed by atoms with van der Waals surface area (Å²) in [7, 11) is 1.68. The summed E-state index contributed by atoms with van der Waals surface area (Å²) in [6.07, 6.45) is 1.88. The molecule has 0 radical (unpaired) electrons. The van der Waals surface area contributed by atoms with Crippen LogP contribution in [0, 0.1) is 0 Å². The van der Waals surface area contributed by atoms with Crippen molar-refractivity contribution < 1.29 is 19.3 Å². The zero-order chi connectivity index (χ0) is 19.6. The minimum absolute atomic E-state index is 0.239. The molecular formula is C23H31NO4. The number of aliphatic hydroxyl groups excluding tert-OH is 1. The van der Waals surface area contributed by atoms with Gasteiger partial charge in [-0.15, -0.1) is 0 Å². The van der Waals surface area contributed by atoms with E-state index in [2.05, 4.69) is 11.0 Å². The Kier molecular flexibility index (Phi) is 8.30. The number of benzene rings is 2. The first kappa shape index (κ1) is 20.8. The summed E-state index contributed by atoms with van der Waals surface area (Å²) < 4.78 is 16.9. The minimum atomic E-state index is -0.546. The molecule has 0 amide bonds. The van der Waals surface area contributed by atoms with Gasteiger partial charge in [0.15, 0.2) is 0 Å². The van der Waals surface area contributed by atoms with Crippen molar-refractivity contribution in [3.8, 4) is 5.75 Å². The number of aliphatic hydroxyl groups is 1. The maximum Gasteiger partial charge on any atom is 0.119 e. The number of methoxy groups -OCH3 is 1. The van der Waals surface area contributed by atoms with Crippen LogP contribution < -0.4 is 4.74 Å². The number of hydrogen-bond donors (Lipinski definition) is 1. The fraction of sp³-hybridized carbons (Fsp3) is 0.478. The molecule has 5 heteroatoms. The molecule has 152 valence electrons. The molecule has 1 saturated heterocycles. The van der Waals surface area contributed by atoms with E-state index < -0.39 is 6.10 Å². The van der Waals surface area contributed by atoms with Gasteiger partial charge in [-0.1, -0.05) is 42.5 Å². The second-order valence-electron chi connectivity index (χ2n) is 7.34. The molecule has 0 aromatic heterocycles. The van der Waals surface area contributed by atoms with E-state index in [1.807, 2.05) is 48.5 Å². The summed E-state index contributed by atoms with van der Waals surface area (Å²) >= 11 is 0. The van der Waals surface area contributed by atoms with E-state index in [-0.39, 0.29) is 6.10 Å². The second kappa shape index (κ2) is 11.2. The Morgan fingerprint density at radius 3 is 2.71 bits per heavy atom. The monoisotopic (exact) mass is 385 g/mol. The Morgan fingerprint density at radius 1 is 1.14 bits per heavy atom. The molecule has 2 aromatic rings. The highest BCUT2D eigenvalue weighted by atomic mass is 16.5. The van der Waals surface area contributed by atoms with Crippen molar-refractivity contribution in [2.24, 2.45) is 0 Å². The Labute approximate surface area is 167 Å². The highest BCUT2D eigenvalue weighted by molar-refractivity contribution is 5.28. The van der Waals surface area contributed by atoms with Crippen molar-refractivity contribution in [3.05, 3.63) is 65.7 Å². The first-order valence-electron chi connectivity index (χ1n) is 9.99. The zero-order valence-electron chi connectivity index (χ0n) is 16.6. The van der Waals surface area contributed by atoms with Crippen LogP contribution in [0.5, 0.6) is 5.75 Å². The first-order valence-corrected chi connectivity index (χ1v) is 9.99. The number of nitrogens with zero attached hydrogens (tertiary/aromatic N) is 1. The molecule has 0 saturated carbocycles.